The lowest BCUT2D eigenvalue weighted by molar-refractivity contribution is 0.0475. The molecule has 2 N–H and O–H groups in total. The van der Waals surface area contributed by atoms with Crippen LogP contribution in [0.15, 0.2) is 12.1 Å². The molecule has 0 aromatic heterocycles. The van der Waals surface area contributed by atoms with Gasteiger partial charge in [-0.25, -0.2) is 18.0 Å². The summed E-state index contributed by atoms with van der Waals surface area (Å²) in [7, 11) is 0. The third kappa shape index (κ3) is 4.29. The lowest BCUT2D eigenvalue weighted by Crippen LogP contribution is -2.50. The average molecular weight is 316 g/mol. The van der Waals surface area contributed by atoms with E-state index in [2.05, 4.69) is 10.6 Å². The van der Waals surface area contributed by atoms with Crippen LogP contribution in [0.2, 0.25) is 0 Å². The molecule has 1 fully saturated rings. The number of carbonyl (C=O) groups is 1. The van der Waals surface area contributed by atoms with Crippen LogP contribution >= 0.6 is 0 Å². The van der Waals surface area contributed by atoms with Crippen LogP contribution in [0, 0.1) is 17.5 Å². The van der Waals surface area contributed by atoms with Gasteiger partial charge in [-0.15, -0.1) is 0 Å². The molecule has 1 aliphatic carbocycles. The van der Waals surface area contributed by atoms with Crippen LogP contribution in [0.3, 0.4) is 0 Å². The van der Waals surface area contributed by atoms with Crippen LogP contribution in [0.1, 0.15) is 33.6 Å². The maximum Gasteiger partial charge on any atom is 0.407 e. The average Bonchev–Trinajstić information content (AvgIpc) is 2.30. The number of rotatable bonds is 3. The van der Waals surface area contributed by atoms with Crippen molar-refractivity contribution in [2.24, 2.45) is 0 Å². The van der Waals surface area contributed by atoms with Gasteiger partial charge < -0.3 is 15.4 Å². The fourth-order valence-electron chi connectivity index (χ4n) is 2.18. The Balaban J connectivity index is 1.80. The van der Waals surface area contributed by atoms with Crippen LogP contribution < -0.4 is 10.6 Å². The summed E-state index contributed by atoms with van der Waals surface area (Å²) in [6, 6.07) is 1.10. The molecule has 7 heteroatoms. The molecule has 1 aliphatic rings. The van der Waals surface area contributed by atoms with Crippen molar-refractivity contribution >= 4 is 11.8 Å². The van der Waals surface area contributed by atoms with Crippen LogP contribution in [-0.4, -0.2) is 23.8 Å². The molecule has 0 saturated heterocycles. The summed E-state index contributed by atoms with van der Waals surface area (Å²) in [6.45, 7) is 5.30. The largest absolute Gasteiger partial charge is 0.444 e. The van der Waals surface area contributed by atoms with Crippen molar-refractivity contribution in [2.75, 3.05) is 5.32 Å². The molecule has 0 aliphatic heterocycles. The Kier molecular flexibility index (Phi) is 4.53. The second-order valence-electron chi connectivity index (χ2n) is 6.40. The summed E-state index contributed by atoms with van der Waals surface area (Å²) in [6.07, 6.45) is 0.602. The zero-order valence-corrected chi connectivity index (χ0v) is 12.7. The number of hydrogen-bond acceptors (Lipinski definition) is 3. The van der Waals surface area contributed by atoms with Gasteiger partial charge in [-0.1, -0.05) is 0 Å². The molecule has 4 nitrogen and oxygen atoms in total. The van der Waals surface area contributed by atoms with Gasteiger partial charge in [0.25, 0.3) is 0 Å². The first kappa shape index (κ1) is 16.5. The highest BCUT2D eigenvalue weighted by Gasteiger charge is 2.32. The van der Waals surface area contributed by atoms with Gasteiger partial charge in [-0.3, -0.25) is 0 Å². The standard InChI is InChI=1S/C15H19F3N2O2/c1-15(2,3)22-14(21)20-9-4-8(5-9)19-13-7-11(17)10(16)6-12(13)18/h6-9,19H,4-5H2,1-3H3,(H,20,21). The van der Waals surface area contributed by atoms with Gasteiger partial charge in [0.05, 0.1) is 5.69 Å². The van der Waals surface area contributed by atoms with E-state index in [9.17, 15) is 18.0 Å². The quantitative estimate of drug-likeness (QED) is 0.838. The van der Waals surface area contributed by atoms with Gasteiger partial charge in [-0.05, 0) is 33.6 Å². The van der Waals surface area contributed by atoms with Crippen molar-refractivity contribution in [2.45, 2.75) is 51.3 Å². The number of carbonyl (C=O) groups excluding carboxylic acids is 1. The van der Waals surface area contributed by atoms with Gasteiger partial charge in [-0.2, -0.15) is 0 Å². The van der Waals surface area contributed by atoms with E-state index in [0.717, 1.165) is 6.07 Å². The van der Waals surface area contributed by atoms with E-state index in [1.165, 1.54) is 0 Å². The number of nitrogens with one attached hydrogen (secondary N) is 2. The zero-order valence-electron chi connectivity index (χ0n) is 12.7. The molecule has 1 aromatic rings. The molecule has 2 rings (SSSR count). The van der Waals surface area contributed by atoms with Gasteiger partial charge in [0, 0.05) is 24.2 Å². The van der Waals surface area contributed by atoms with Crippen LogP contribution in [-0.2, 0) is 4.74 Å². The first-order valence-corrected chi connectivity index (χ1v) is 7.04. The Labute approximate surface area is 127 Å². The molecular weight excluding hydrogens is 297 g/mol. The highest BCUT2D eigenvalue weighted by Crippen LogP contribution is 2.27. The van der Waals surface area contributed by atoms with E-state index in [1.54, 1.807) is 20.8 Å². The minimum Gasteiger partial charge on any atom is -0.444 e. The third-order valence-corrected chi connectivity index (χ3v) is 3.23. The van der Waals surface area contributed by atoms with Gasteiger partial charge in [0.15, 0.2) is 11.6 Å². The molecule has 0 radical (unpaired) electrons. The summed E-state index contributed by atoms with van der Waals surface area (Å²) < 4.78 is 44.5. The van der Waals surface area contributed by atoms with Crippen LogP contribution in [0.4, 0.5) is 23.7 Å². The summed E-state index contributed by atoms with van der Waals surface area (Å²) in [4.78, 5) is 11.6. The van der Waals surface area contributed by atoms with Crippen molar-refractivity contribution in [3.05, 3.63) is 29.6 Å². The molecule has 22 heavy (non-hydrogen) atoms. The number of anilines is 1. The number of amides is 1. The molecule has 1 amide bonds. The smallest absolute Gasteiger partial charge is 0.407 e. The molecule has 0 unspecified atom stereocenters. The third-order valence-electron chi connectivity index (χ3n) is 3.23. The molecule has 1 aromatic carbocycles. The second-order valence-corrected chi connectivity index (χ2v) is 6.40. The summed E-state index contributed by atoms with van der Waals surface area (Å²) >= 11 is 0. The van der Waals surface area contributed by atoms with E-state index in [-0.39, 0.29) is 17.8 Å². The van der Waals surface area contributed by atoms with E-state index in [1.807, 2.05) is 0 Å². The van der Waals surface area contributed by atoms with E-state index < -0.39 is 29.1 Å². The number of alkyl carbamates (subject to hydrolysis) is 1. The number of halogens is 3. The summed E-state index contributed by atoms with van der Waals surface area (Å²) in [5.41, 5.74) is -0.653. The van der Waals surface area contributed by atoms with Crippen molar-refractivity contribution in [1.29, 1.82) is 0 Å². The first-order chi connectivity index (χ1) is 10.1. The Morgan fingerprint density at radius 2 is 1.68 bits per heavy atom. The molecule has 0 spiro atoms. The van der Waals surface area contributed by atoms with Crippen molar-refractivity contribution in [3.63, 3.8) is 0 Å². The molecular formula is C15H19F3N2O2. The number of benzene rings is 1. The van der Waals surface area contributed by atoms with Crippen LogP contribution in [0.5, 0.6) is 0 Å². The summed E-state index contributed by atoms with van der Waals surface area (Å²) in [5, 5.41) is 5.49. The van der Waals surface area contributed by atoms with Gasteiger partial charge in [0.2, 0.25) is 0 Å². The molecule has 122 valence electrons. The van der Waals surface area contributed by atoms with E-state index >= 15 is 0 Å². The second kappa shape index (κ2) is 6.06. The van der Waals surface area contributed by atoms with Crippen molar-refractivity contribution < 1.29 is 22.7 Å². The highest BCUT2D eigenvalue weighted by molar-refractivity contribution is 5.68. The van der Waals surface area contributed by atoms with E-state index in [4.69, 9.17) is 4.74 Å². The van der Waals surface area contributed by atoms with Crippen molar-refractivity contribution in [3.8, 4) is 0 Å². The molecule has 0 bridgehead atoms. The zero-order chi connectivity index (χ0) is 16.5. The fourth-order valence-corrected chi connectivity index (χ4v) is 2.18. The predicted octanol–water partition coefficient (Wildman–Crippen LogP) is 3.57. The fraction of sp³-hybridized carbons (Fsp3) is 0.533. The van der Waals surface area contributed by atoms with Crippen LogP contribution in [0.25, 0.3) is 0 Å². The van der Waals surface area contributed by atoms with Gasteiger partial charge in [0.1, 0.15) is 11.4 Å². The van der Waals surface area contributed by atoms with E-state index in [0.29, 0.717) is 18.9 Å². The maximum atomic E-state index is 13.5. The Hall–Kier alpha value is -1.92. The Morgan fingerprint density at radius 3 is 2.27 bits per heavy atom. The Bertz CT molecular complexity index is 567. The predicted molar refractivity (Wildman–Crippen MR) is 76.1 cm³/mol. The monoisotopic (exact) mass is 316 g/mol. The molecule has 0 heterocycles. The van der Waals surface area contributed by atoms with Crippen molar-refractivity contribution in [1.82, 2.24) is 5.32 Å². The topological polar surface area (TPSA) is 50.4 Å². The number of hydrogen-bond donors (Lipinski definition) is 2. The Morgan fingerprint density at radius 1 is 1.09 bits per heavy atom. The lowest BCUT2D eigenvalue weighted by atomic mass is 9.86. The molecule has 1 saturated carbocycles. The maximum absolute atomic E-state index is 13.5. The minimum atomic E-state index is -1.22. The summed E-state index contributed by atoms with van der Waals surface area (Å²) in [5.74, 6) is -3.17. The lowest BCUT2D eigenvalue weighted by Gasteiger charge is -2.37. The minimum absolute atomic E-state index is 0.0827. The van der Waals surface area contributed by atoms with Gasteiger partial charge >= 0.3 is 6.09 Å². The highest BCUT2D eigenvalue weighted by atomic mass is 19.2. The number of ether oxygens (including phenoxy) is 1. The first-order valence-electron chi connectivity index (χ1n) is 7.04. The normalized spacial score (nSPS) is 21.0. The SMILES string of the molecule is CC(C)(C)OC(=O)NC1CC(Nc2cc(F)c(F)cc2F)C1. The molecule has 0 atom stereocenters.